The van der Waals surface area contributed by atoms with Gasteiger partial charge in [-0.2, -0.15) is 0 Å². The van der Waals surface area contributed by atoms with Crippen molar-refractivity contribution in [1.29, 1.82) is 0 Å². The molecular weight excluding hydrogens is 403 g/mol. The summed E-state index contributed by atoms with van der Waals surface area (Å²) in [5, 5.41) is 0. The van der Waals surface area contributed by atoms with Crippen LogP contribution in [-0.2, 0) is 9.98 Å². The molecule has 0 saturated heterocycles. The Morgan fingerprint density at radius 3 is 1.48 bits per heavy atom. The summed E-state index contributed by atoms with van der Waals surface area (Å²) in [4.78, 5) is 27.7. The van der Waals surface area contributed by atoms with Crippen LogP contribution in [0, 0.1) is 34.6 Å². The number of hydrogen-bond acceptors (Lipinski definition) is 3. The number of carbonyl (C=O) groups is 2. The third kappa shape index (κ3) is 4.62. The van der Waals surface area contributed by atoms with Gasteiger partial charge in [0, 0.05) is 16.8 Å². The summed E-state index contributed by atoms with van der Waals surface area (Å²) < 4.78 is 14.4. The van der Waals surface area contributed by atoms with Crippen molar-refractivity contribution in [3.63, 3.8) is 0 Å². The van der Waals surface area contributed by atoms with E-state index in [1.54, 1.807) is 6.92 Å². The highest BCUT2D eigenvalue weighted by Crippen LogP contribution is 2.58. The molecule has 2 aromatic carbocycles. The van der Waals surface area contributed by atoms with Gasteiger partial charge in [0.2, 0.25) is 18.2 Å². The summed E-state index contributed by atoms with van der Waals surface area (Å²) in [5.74, 6) is 0. The first kappa shape index (κ1) is 25.3. The summed E-state index contributed by atoms with van der Waals surface area (Å²) in [6, 6.07) is 7.82. The summed E-state index contributed by atoms with van der Waals surface area (Å²) in [6.07, 6.45) is 0.497. The summed E-state index contributed by atoms with van der Waals surface area (Å²) in [7, 11) is -3.89. The second kappa shape index (κ2) is 8.87. The minimum absolute atomic E-state index is 0.0660. The van der Waals surface area contributed by atoms with E-state index >= 15 is 0 Å². The molecule has 0 aliphatic rings. The van der Waals surface area contributed by atoms with Crippen LogP contribution in [0.1, 0.15) is 95.1 Å². The maximum atomic E-state index is 14.4. The van der Waals surface area contributed by atoms with Crippen LogP contribution in [0.3, 0.4) is 0 Å². The SMILES string of the molecule is CCC(C)P(=O)(C(=O)c1c(C)cc(C)cc1C)C(=O)c1c(C)cc(C(C)(C)C)cc1C. The third-order valence-corrected chi connectivity index (χ3v) is 9.58. The zero-order valence-corrected chi connectivity index (χ0v) is 21.7. The predicted octanol–water partition coefficient (Wildman–Crippen LogP) is 7.67. The molecule has 2 rings (SSSR count). The molecule has 2 atom stereocenters. The molecule has 0 spiro atoms. The fourth-order valence-electron chi connectivity index (χ4n) is 4.33. The van der Waals surface area contributed by atoms with Gasteiger partial charge < -0.3 is 4.57 Å². The lowest BCUT2D eigenvalue weighted by molar-refractivity contribution is 0.103. The van der Waals surface area contributed by atoms with Gasteiger partial charge in [-0.25, -0.2) is 0 Å². The Labute approximate surface area is 188 Å². The van der Waals surface area contributed by atoms with Gasteiger partial charge in [0.05, 0.1) is 0 Å². The molecule has 0 aromatic heterocycles. The Balaban J connectivity index is 2.75. The molecule has 0 saturated carbocycles. The molecule has 0 amide bonds. The van der Waals surface area contributed by atoms with E-state index < -0.39 is 23.8 Å². The summed E-state index contributed by atoms with van der Waals surface area (Å²) >= 11 is 0. The largest absolute Gasteiger partial charge is 0.306 e. The van der Waals surface area contributed by atoms with Crippen LogP contribution in [-0.4, -0.2) is 16.7 Å². The molecule has 0 heterocycles. The molecule has 0 bridgehead atoms. The number of hydrogen-bond donors (Lipinski definition) is 0. The van der Waals surface area contributed by atoms with Crippen LogP contribution in [0.5, 0.6) is 0 Å². The van der Waals surface area contributed by atoms with Crippen molar-refractivity contribution < 1.29 is 14.2 Å². The second-order valence-corrected chi connectivity index (χ2v) is 13.0. The van der Waals surface area contributed by atoms with Gasteiger partial charge >= 0.3 is 0 Å². The second-order valence-electron chi connectivity index (χ2n) is 10.0. The maximum absolute atomic E-state index is 14.4. The molecular formula is C27H37O3P. The smallest absolute Gasteiger partial charge is 0.229 e. The van der Waals surface area contributed by atoms with E-state index in [1.165, 1.54) is 0 Å². The first-order chi connectivity index (χ1) is 14.2. The van der Waals surface area contributed by atoms with Crippen LogP contribution in [0.15, 0.2) is 24.3 Å². The molecule has 3 nitrogen and oxygen atoms in total. The van der Waals surface area contributed by atoms with Crippen molar-refractivity contribution in [2.75, 3.05) is 0 Å². The summed E-state index contributed by atoms with van der Waals surface area (Å²) in [5.41, 5.74) is 4.56. The van der Waals surface area contributed by atoms with E-state index in [2.05, 4.69) is 20.8 Å². The van der Waals surface area contributed by atoms with Crippen molar-refractivity contribution in [3.05, 3.63) is 68.8 Å². The number of carbonyl (C=O) groups excluding carboxylic acids is 2. The van der Waals surface area contributed by atoms with Crippen molar-refractivity contribution in [1.82, 2.24) is 0 Å². The van der Waals surface area contributed by atoms with Gasteiger partial charge in [-0.15, -0.1) is 0 Å². The van der Waals surface area contributed by atoms with E-state index in [9.17, 15) is 14.2 Å². The zero-order valence-electron chi connectivity index (χ0n) is 20.8. The van der Waals surface area contributed by atoms with Gasteiger partial charge in [0.15, 0.2) is 0 Å². The third-order valence-electron chi connectivity index (χ3n) is 6.32. The lowest BCUT2D eigenvalue weighted by atomic mass is 9.84. The van der Waals surface area contributed by atoms with E-state index in [-0.39, 0.29) is 5.41 Å². The molecule has 168 valence electrons. The Hall–Kier alpha value is -1.99. The van der Waals surface area contributed by atoms with Gasteiger partial charge in [-0.1, -0.05) is 64.4 Å². The number of rotatable bonds is 6. The minimum atomic E-state index is -3.89. The van der Waals surface area contributed by atoms with E-state index in [1.807, 2.05) is 65.8 Å². The Morgan fingerprint density at radius 2 is 1.16 bits per heavy atom. The maximum Gasteiger partial charge on any atom is 0.229 e. The molecule has 0 aliphatic heterocycles. The normalized spacial score (nSPS) is 14.8. The van der Waals surface area contributed by atoms with Gasteiger partial charge in [0.25, 0.3) is 0 Å². The topological polar surface area (TPSA) is 51.2 Å². The zero-order chi connectivity index (χ0) is 23.9. The van der Waals surface area contributed by atoms with Crippen LogP contribution < -0.4 is 0 Å². The lowest BCUT2D eigenvalue weighted by Gasteiger charge is -2.26. The monoisotopic (exact) mass is 440 g/mol. The van der Waals surface area contributed by atoms with Crippen molar-refractivity contribution in [2.24, 2.45) is 0 Å². The van der Waals surface area contributed by atoms with Crippen LogP contribution >= 0.6 is 7.14 Å². The molecule has 0 N–H and O–H groups in total. The molecule has 2 aromatic rings. The standard InChI is InChI=1S/C27H37O3P/c1-11-21(7)31(30,25(28)23-17(3)12-16(2)13-18(23)4)26(29)24-19(5)14-22(15-20(24)6)27(8,9)10/h12-15,21H,11H2,1-10H3. The van der Waals surface area contributed by atoms with Gasteiger partial charge in [0.1, 0.15) is 0 Å². The van der Waals surface area contributed by atoms with Crippen molar-refractivity contribution in [2.45, 2.75) is 86.7 Å². The number of benzene rings is 2. The highest BCUT2D eigenvalue weighted by atomic mass is 31.2. The van der Waals surface area contributed by atoms with Crippen LogP contribution in [0.25, 0.3) is 0 Å². The lowest BCUT2D eigenvalue weighted by Crippen LogP contribution is -2.22. The van der Waals surface area contributed by atoms with E-state index in [4.69, 9.17) is 0 Å². The first-order valence-corrected chi connectivity index (χ1v) is 12.8. The van der Waals surface area contributed by atoms with Crippen molar-refractivity contribution >= 4 is 18.2 Å². The number of aryl methyl sites for hydroxylation is 5. The molecule has 0 radical (unpaired) electrons. The molecule has 31 heavy (non-hydrogen) atoms. The molecule has 0 aliphatic carbocycles. The van der Waals surface area contributed by atoms with Gasteiger partial charge in [-0.3, -0.25) is 9.59 Å². The molecule has 4 heteroatoms. The fraction of sp³-hybridized carbons (Fsp3) is 0.481. The minimum Gasteiger partial charge on any atom is -0.306 e. The van der Waals surface area contributed by atoms with E-state index in [0.29, 0.717) is 17.5 Å². The van der Waals surface area contributed by atoms with Gasteiger partial charge in [-0.05, 0) is 74.3 Å². The average molecular weight is 441 g/mol. The van der Waals surface area contributed by atoms with Crippen LogP contribution in [0.2, 0.25) is 0 Å². The summed E-state index contributed by atoms with van der Waals surface area (Å²) in [6.45, 7) is 19.5. The van der Waals surface area contributed by atoms with Crippen molar-refractivity contribution in [3.8, 4) is 0 Å². The average Bonchev–Trinajstić information content (AvgIpc) is 2.64. The Morgan fingerprint density at radius 1 is 0.806 bits per heavy atom. The van der Waals surface area contributed by atoms with E-state index in [0.717, 1.165) is 33.4 Å². The Bertz CT molecular complexity index is 1040. The first-order valence-electron chi connectivity index (χ1n) is 11.0. The Kier molecular flexibility index (Phi) is 7.23. The molecule has 2 unspecified atom stereocenters. The highest BCUT2D eigenvalue weighted by Gasteiger charge is 2.46. The predicted molar refractivity (Wildman–Crippen MR) is 131 cm³/mol. The quantitative estimate of drug-likeness (QED) is 0.433. The fourth-order valence-corrected chi connectivity index (χ4v) is 7.20. The highest BCUT2D eigenvalue weighted by molar-refractivity contribution is 7.95. The molecule has 0 fully saturated rings. The van der Waals surface area contributed by atoms with Crippen LogP contribution in [0.4, 0.5) is 0 Å².